The van der Waals surface area contributed by atoms with Gasteiger partial charge in [0.2, 0.25) is 0 Å². The third-order valence-corrected chi connectivity index (χ3v) is 2.58. The van der Waals surface area contributed by atoms with Gasteiger partial charge < -0.3 is 4.74 Å². The van der Waals surface area contributed by atoms with Gasteiger partial charge in [-0.3, -0.25) is 5.10 Å². The third-order valence-electron chi connectivity index (χ3n) is 2.58. The van der Waals surface area contributed by atoms with Crippen LogP contribution in [-0.4, -0.2) is 16.8 Å². The Balaban J connectivity index is 1.89. The van der Waals surface area contributed by atoms with Crippen molar-refractivity contribution in [3.63, 3.8) is 0 Å². The van der Waals surface area contributed by atoms with Crippen LogP contribution in [0, 0.1) is 20.8 Å². The third kappa shape index (κ3) is 3.34. The number of H-pyrrole nitrogens is 1. The fraction of sp³-hybridized carbons (Fsp3) is 0.357. The lowest BCUT2D eigenvalue weighted by molar-refractivity contribution is 0.320. The van der Waals surface area contributed by atoms with E-state index < -0.39 is 0 Å². The van der Waals surface area contributed by atoms with Crippen LogP contribution in [0.2, 0.25) is 0 Å². The minimum absolute atomic E-state index is 0.660. The lowest BCUT2D eigenvalue weighted by Crippen LogP contribution is -2.02. The number of benzene rings is 1. The topological polar surface area (TPSA) is 37.9 Å². The summed E-state index contributed by atoms with van der Waals surface area (Å²) in [6.45, 7) is 6.82. The predicted octanol–water partition coefficient (Wildman–Crippen LogP) is 2.96. The molecule has 3 heteroatoms. The number of aromatic amines is 1. The van der Waals surface area contributed by atoms with E-state index in [9.17, 15) is 0 Å². The van der Waals surface area contributed by atoms with Gasteiger partial charge in [-0.05, 0) is 50.1 Å². The molecule has 0 aliphatic carbocycles. The fourth-order valence-electron chi connectivity index (χ4n) is 1.89. The molecule has 90 valence electrons. The Labute approximate surface area is 102 Å². The van der Waals surface area contributed by atoms with Crippen molar-refractivity contribution in [2.45, 2.75) is 27.2 Å². The highest BCUT2D eigenvalue weighted by molar-refractivity contribution is 5.33. The van der Waals surface area contributed by atoms with Crippen molar-refractivity contribution in [2.75, 3.05) is 6.61 Å². The van der Waals surface area contributed by atoms with Crippen LogP contribution in [0.15, 0.2) is 24.3 Å². The van der Waals surface area contributed by atoms with E-state index in [4.69, 9.17) is 4.74 Å². The average Bonchev–Trinajstić information content (AvgIpc) is 2.63. The largest absolute Gasteiger partial charge is 0.493 e. The van der Waals surface area contributed by atoms with Crippen LogP contribution >= 0.6 is 0 Å². The van der Waals surface area contributed by atoms with E-state index in [-0.39, 0.29) is 0 Å². The molecular weight excluding hydrogens is 212 g/mol. The molecule has 17 heavy (non-hydrogen) atoms. The number of hydrogen-bond donors (Lipinski definition) is 1. The van der Waals surface area contributed by atoms with Gasteiger partial charge in [0.1, 0.15) is 5.75 Å². The smallest absolute Gasteiger partial charge is 0.119 e. The monoisotopic (exact) mass is 230 g/mol. The molecule has 0 fully saturated rings. The Morgan fingerprint density at radius 1 is 1.06 bits per heavy atom. The Kier molecular flexibility index (Phi) is 3.47. The highest BCUT2D eigenvalue weighted by atomic mass is 16.5. The first-order valence-electron chi connectivity index (χ1n) is 5.85. The lowest BCUT2D eigenvalue weighted by atomic mass is 10.1. The van der Waals surface area contributed by atoms with E-state index in [0.29, 0.717) is 6.61 Å². The second kappa shape index (κ2) is 5.04. The Morgan fingerprint density at radius 3 is 2.35 bits per heavy atom. The van der Waals surface area contributed by atoms with Crippen LogP contribution in [0.4, 0.5) is 0 Å². The second-order valence-electron chi connectivity index (χ2n) is 4.46. The summed E-state index contributed by atoms with van der Waals surface area (Å²) in [5, 5.41) is 7.11. The molecule has 0 atom stereocenters. The van der Waals surface area contributed by atoms with Gasteiger partial charge in [-0.25, -0.2) is 0 Å². The molecule has 0 saturated carbocycles. The first-order valence-corrected chi connectivity index (χ1v) is 5.85. The molecule has 0 bridgehead atoms. The second-order valence-corrected chi connectivity index (χ2v) is 4.46. The van der Waals surface area contributed by atoms with Crippen LogP contribution < -0.4 is 4.74 Å². The first-order chi connectivity index (χ1) is 8.13. The van der Waals surface area contributed by atoms with Crippen molar-refractivity contribution in [1.82, 2.24) is 10.2 Å². The van der Waals surface area contributed by atoms with Crippen molar-refractivity contribution >= 4 is 0 Å². The predicted molar refractivity (Wildman–Crippen MR) is 68.4 cm³/mol. The molecule has 1 aromatic heterocycles. The lowest BCUT2D eigenvalue weighted by Gasteiger charge is -2.07. The normalized spacial score (nSPS) is 10.5. The number of hydrogen-bond acceptors (Lipinski definition) is 2. The van der Waals surface area contributed by atoms with E-state index in [1.807, 2.05) is 13.0 Å². The number of nitrogens with zero attached hydrogens (tertiary/aromatic N) is 1. The van der Waals surface area contributed by atoms with Crippen molar-refractivity contribution in [3.8, 4) is 5.75 Å². The van der Waals surface area contributed by atoms with E-state index in [0.717, 1.165) is 23.6 Å². The molecule has 0 aliphatic rings. The van der Waals surface area contributed by atoms with Crippen LogP contribution in [0.5, 0.6) is 5.75 Å². The van der Waals surface area contributed by atoms with Gasteiger partial charge in [0.25, 0.3) is 0 Å². The molecule has 0 spiro atoms. The Morgan fingerprint density at radius 2 is 1.76 bits per heavy atom. The molecule has 0 radical (unpaired) electrons. The van der Waals surface area contributed by atoms with Crippen molar-refractivity contribution < 1.29 is 4.74 Å². The summed E-state index contributed by atoms with van der Waals surface area (Å²) in [6.07, 6.45) is 0.831. The van der Waals surface area contributed by atoms with Crippen LogP contribution in [0.3, 0.4) is 0 Å². The fourth-order valence-corrected chi connectivity index (χ4v) is 1.89. The van der Waals surface area contributed by atoms with Crippen molar-refractivity contribution in [3.05, 3.63) is 46.8 Å². The molecule has 0 saturated heterocycles. The van der Waals surface area contributed by atoms with E-state index in [2.05, 4.69) is 42.2 Å². The summed E-state index contributed by atoms with van der Waals surface area (Å²) in [4.78, 5) is 0. The SMILES string of the molecule is Cc1cc(C)cc(OCCc2cc(C)[nH]n2)c1. The molecule has 1 aromatic carbocycles. The zero-order valence-electron chi connectivity index (χ0n) is 10.6. The summed E-state index contributed by atoms with van der Waals surface area (Å²) >= 11 is 0. The maximum Gasteiger partial charge on any atom is 0.119 e. The first kappa shape index (κ1) is 11.7. The van der Waals surface area contributed by atoms with E-state index in [1.54, 1.807) is 0 Å². The maximum atomic E-state index is 5.73. The average molecular weight is 230 g/mol. The molecular formula is C14H18N2O. The Hall–Kier alpha value is -1.77. The van der Waals surface area contributed by atoms with Gasteiger partial charge in [0.05, 0.1) is 12.3 Å². The number of nitrogens with one attached hydrogen (secondary N) is 1. The van der Waals surface area contributed by atoms with Gasteiger partial charge in [-0.1, -0.05) is 6.07 Å². The minimum Gasteiger partial charge on any atom is -0.493 e. The number of aromatic nitrogens is 2. The van der Waals surface area contributed by atoms with Crippen molar-refractivity contribution in [1.29, 1.82) is 0 Å². The van der Waals surface area contributed by atoms with Gasteiger partial charge >= 0.3 is 0 Å². The number of rotatable bonds is 4. The zero-order valence-corrected chi connectivity index (χ0v) is 10.6. The molecule has 3 nitrogen and oxygen atoms in total. The van der Waals surface area contributed by atoms with Gasteiger partial charge in [-0.15, -0.1) is 0 Å². The number of ether oxygens (including phenoxy) is 1. The highest BCUT2D eigenvalue weighted by Gasteiger charge is 2.00. The Bertz CT molecular complexity index is 482. The van der Waals surface area contributed by atoms with Crippen LogP contribution in [0.1, 0.15) is 22.5 Å². The maximum absolute atomic E-state index is 5.73. The summed E-state index contributed by atoms with van der Waals surface area (Å²) in [5.74, 6) is 0.940. The van der Waals surface area contributed by atoms with E-state index in [1.165, 1.54) is 11.1 Å². The van der Waals surface area contributed by atoms with Crippen LogP contribution in [-0.2, 0) is 6.42 Å². The quantitative estimate of drug-likeness (QED) is 0.876. The minimum atomic E-state index is 0.660. The molecule has 2 rings (SSSR count). The number of aryl methyl sites for hydroxylation is 3. The van der Waals surface area contributed by atoms with Gasteiger partial charge in [0.15, 0.2) is 0 Å². The van der Waals surface area contributed by atoms with E-state index >= 15 is 0 Å². The molecule has 0 aliphatic heterocycles. The molecule has 0 amide bonds. The zero-order chi connectivity index (χ0) is 12.3. The van der Waals surface area contributed by atoms with Crippen LogP contribution in [0.25, 0.3) is 0 Å². The molecule has 0 unspecified atom stereocenters. The standard InChI is InChI=1S/C14H18N2O/c1-10-6-11(2)8-14(7-10)17-5-4-13-9-12(3)15-16-13/h6-9H,4-5H2,1-3H3,(H,15,16). The summed E-state index contributed by atoms with van der Waals surface area (Å²) in [6, 6.07) is 8.31. The molecule has 1 N–H and O–H groups in total. The molecule has 2 aromatic rings. The summed E-state index contributed by atoms with van der Waals surface area (Å²) in [5.41, 5.74) is 4.60. The highest BCUT2D eigenvalue weighted by Crippen LogP contribution is 2.16. The molecule has 1 heterocycles. The van der Waals surface area contributed by atoms with Crippen molar-refractivity contribution in [2.24, 2.45) is 0 Å². The summed E-state index contributed by atoms with van der Waals surface area (Å²) in [7, 11) is 0. The summed E-state index contributed by atoms with van der Waals surface area (Å²) < 4.78 is 5.73. The van der Waals surface area contributed by atoms with Gasteiger partial charge in [-0.2, -0.15) is 5.10 Å². The van der Waals surface area contributed by atoms with Gasteiger partial charge in [0, 0.05) is 12.1 Å².